The minimum Gasteiger partial charge on any atom is -0.369 e. The van der Waals surface area contributed by atoms with Gasteiger partial charge in [-0.3, -0.25) is 4.79 Å². The SMILES string of the molecule is CCCNc1nc(Nc2ccc(C#N)cc2)ncc1C#C[C@@H]1CC[C@H](NC(=O)CNC)C1. The van der Waals surface area contributed by atoms with E-state index in [-0.39, 0.29) is 17.9 Å². The van der Waals surface area contributed by atoms with Gasteiger partial charge in [0.25, 0.3) is 0 Å². The van der Waals surface area contributed by atoms with Gasteiger partial charge in [0.05, 0.1) is 29.9 Å². The Hall–Kier alpha value is -3.62. The highest BCUT2D eigenvalue weighted by Crippen LogP contribution is 2.25. The first-order chi connectivity index (χ1) is 15.6. The number of carbonyl (C=O) groups excluding carboxylic acids is 1. The predicted molar refractivity (Wildman–Crippen MR) is 125 cm³/mol. The molecule has 0 aliphatic heterocycles. The Bertz CT molecular complexity index is 1020. The predicted octanol–water partition coefficient (Wildman–Crippen LogP) is 2.77. The Morgan fingerprint density at radius 1 is 1.25 bits per heavy atom. The lowest BCUT2D eigenvalue weighted by atomic mass is 10.1. The van der Waals surface area contributed by atoms with Gasteiger partial charge < -0.3 is 21.3 Å². The number of rotatable bonds is 8. The zero-order valence-corrected chi connectivity index (χ0v) is 18.5. The van der Waals surface area contributed by atoms with Gasteiger partial charge in [-0.1, -0.05) is 18.8 Å². The van der Waals surface area contributed by atoms with E-state index < -0.39 is 0 Å². The lowest BCUT2D eigenvalue weighted by molar-refractivity contribution is -0.120. The van der Waals surface area contributed by atoms with Gasteiger partial charge in [0.2, 0.25) is 11.9 Å². The molecule has 1 aliphatic carbocycles. The number of nitrogens with zero attached hydrogens (tertiary/aromatic N) is 3. The highest BCUT2D eigenvalue weighted by atomic mass is 16.1. The highest BCUT2D eigenvalue weighted by molar-refractivity contribution is 5.78. The molecule has 1 fully saturated rings. The van der Waals surface area contributed by atoms with Crippen LogP contribution in [-0.2, 0) is 4.79 Å². The molecule has 166 valence electrons. The molecule has 2 aromatic rings. The first-order valence-corrected chi connectivity index (χ1v) is 10.9. The average molecular weight is 432 g/mol. The minimum atomic E-state index is 0.0240. The molecule has 8 heteroatoms. The number of hydrogen-bond acceptors (Lipinski definition) is 7. The molecule has 4 N–H and O–H groups in total. The molecule has 1 saturated carbocycles. The molecule has 0 unspecified atom stereocenters. The van der Waals surface area contributed by atoms with Crippen LogP contribution in [0.2, 0.25) is 0 Å². The third kappa shape index (κ3) is 6.69. The standard InChI is InChI=1S/C24H29N7O/c1-3-12-27-23-19(8-4-17-5-11-21(13-17)29-22(32)16-26-2)15-28-24(31-23)30-20-9-6-18(14-25)7-10-20/h6-7,9-10,15,17,21,26H,3,5,11-13,16H2,1-2H3,(H,29,32)(H2,27,28,30,31)/t17-,21+/m1/s1. The lowest BCUT2D eigenvalue weighted by Crippen LogP contribution is -2.38. The summed E-state index contributed by atoms with van der Waals surface area (Å²) in [5.74, 6) is 8.01. The van der Waals surface area contributed by atoms with Gasteiger partial charge in [-0.05, 0) is 57.0 Å². The van der Waals surface area contributed by atoms with Crippen molar-refractivity contribution in [3.05, 3.63) is 41.6 Å². The number of hydrogen-bond donors (Lipinski definition) is 4. The summed E-state index contributed by atoms with van der Waals surface area (Å²) in [6, 6.07) is 9.42. The number of nitrogens with one attached hydrogen (secondary N) is 4. The maximum Gasteiger partial charge on any atom is 0.234 e. The number of anilines is 3. The quantitative estimate of drug-likeness (QED) is 0.475. The van der Waals surface area contributed by atoms with Crippen LogP contribution in [0.4, 0.5) is 17.5 Å². The summed E-state index contributed by atoms with van der Waals surface area (Å²) in [6.45, 7) is 3.21. The van der Waals surface area contributed by atoms with Gasteiger partial charge in [0.1, 0.15) is 5.82 Å². The zero-order valence-electron chi connectivity index (χ0n) is 18.5. The Morgan fingerprint density at radius 2 is 2.06 bits per heavy atom. The van der Waals surface area contributed by atoms with Crippen molar-refractivity contribution in [3.8, 4) is 17.9 Å². The summed E-state index contributed by atoms with van der Waals surface area (Å²) in [4.78, 5) is 20.8. The van der Waals surface area contributed by atoms with Crippen molar-refractivity contribution < 1.29 is 4.79 Å². The summed E-state index contributed by atoms with van der Waals surface area (Å²) in [5, 5.41) is 21.4. The Morgan fingerprint density at radius 3 is 2.78 bits per heavy atom. The van der Waals surface area contributed by atoms with E-state index in [0.29, 0.717) is 23.9 Å². The van der Waals surface area contributed by atoms with E-state index in [1.165, 1.54) is 0 Å². The minimum absolute atomic E-state index is 0.0240. The van der Waals surface area contributed by atoms with Gasteiger partial charge in [-0.2, -0.15) is 10.2 Å². The fourth-order valence-electron chi connectivity index (χ4n) is 3.53. The zero-order chi connectivity index (χ0) is 22.8. The highest BCUT2D eigenvalue weighted by Gasteiger charge is 2.24. The summed E-state index contributed by atoms with van der Waals surface area (Å²) >= 11 is 0. The van der Waals surface area contributed by atoms with Gasteiger partial charge in [0.15, 0.2) is 0 Å². The first-order valence-electron chi connectivity index (χ1n) is 10.9. The fraction of sp³-hybridized carbons (Fsp3) is 0.417. The summed E-state index contributed by atoms with van der Waals surface area (Å²) in [5.41, 5.74) is 2.16. The van der Waals surface area contributed by atoms with E-state index in [9.17, 15) is 4.79 Å². The normalized spacial score (nSPS) is 17.0. The molecule has 1 aromatic heterocycles. The third-order valence-corrected chi connectivity index (χ3v) is 5.15. The largest absolute Gasteiger partial charge is 0.369 e. The van der Waals surface area contributed by atoms with Gasteiger partial charge in [-0.25, -0.2) is 4.98 Å². The second-order valence-electron chi connectivity index (χ2n) is 7.77. The Labute approximate surface area is 189 Å². The van der Waals surface area contributed by atoms with Crippen LogP contribution in [-0.4, -0.2) is 42.1 Å². The van der Waals surface area contributed by atoms with Crippen molar-refractivity contribution in [2.45, 2.75) is 38.6 Å². The molecule has 32 heavy (non-hydrogen) atoms. The van der Waals surface area contributed by atoms with Crippen LogP contribution in [0.5, 0.6) is 0 Å². The van der Waals surface area contributed by atoms with E-state index in [4.69, 9.17) is 5.26 Å². The van der Waals surface area contributed by atoms with Gasteiger partial charge in [0, 0.05) is 24.2 Å². The molecular weight excluding hydrogens is 402 g/mol. The van der Waals surface area contributed by atoms with Crippen molar-refractivity contribution >= 4 is 23.4 Å². The molecule has 0 radical (unpaired) electrons. The second kappa shape index (κ2) is 11.7. The summed E-state index contributed by atoms with van der Waals surface area (Å²) in [7, 11) is 1.76. The van der Waals surface area contributed by atoms with Crippen molar-refractivity contribution in [3.63, 3.8) is 0 Å². The monoisotopic (exact) mass is 431 g/mol. The van der Waals surface area contributed by atoms with Crippen LogP contribution in [0.1, 0.15) is 43.7 Å². The van der Waals surface area contributed by atoms with E-state index in [1.54, 1.807) is 25.4 Å². The van der Waals surface area contributed by atoms with Crippen LogP contribution < -0.4 is 21.3 Å². The van der Waals surface area contributed by atoms with Crippen LogP contribution >= 0.6 is 0 Å². The van der Waals surface area contributed by atoms with Gasteiger partial charge >= 0.3 is 0 Å². The molecule has 0 saturated heterocycles. The molecular formula is C24H29N7O. The fourth-order valence-corrected chi connectivity index (χ4v) is 3.53. The summed E-state index contributed by atoms with van der Waals surface area (Å²) < 4.78 is 0. The molecule has 8 nitrogen and oxygen atoms in total. The van der Waals surface area contributed by atoms with E-state index in [0.717, 1.165) is 43.5 Å². The van der Waals surface area contributed by atoms with Crippen molar-refractivity contribution in [1.29, 1.82) is 5.26 Å². The second-order valence-corrected chi connectivity index (χ2v) is 7.77. The van der Waals surface area contributed by atoms with Crippen LogP contribution in [0, 0.1) is 29.1 Å². The molecule has 2 atom stereocenters. The number of aromatic nitrogens is 2. The van der Waals surface area contributed by atoms with Gasteiger partial charge in [-0.15, -0.1) is 0 Å². The third-order valence-electron chi connectivity index (χ3n) is 5.15. The number of likely N-dealkylation sites (N-methyl/N-ethyl adjacent to an activating group) is 1. The molecule has 1 amide bonds. The number of carbonyl (C=O) groups is 1. The molecule has 1 aliphatic rings. The van der Waals surface area contributed by atoms with Crippen LogP contribution in [0.15, 0.2) is 30.5 Å². The Kier molecular flexibility index (Phi) is 8.42. The molecule has 1 heterocycles. The van der Waals surface area contributed by atoms with Crippen LogP contribution in [0.25, 0.3) is 0 Å². The number of nitriles is 1. The maximum absolute atomic E-state index is 11.8. The van der Waals surface area contributed by atoms with E-state index in [2.05, 4.69) is 56.1 Å². The van der Waals surface area contributed by atoms with Crippen molar-refractivity contribution in [2.75, 3.05) is 30.8 Å². The summed E-state index contributed by atoms with van der Waals surface area (Å²) in [6.07, 6.45) is 5.46. The molecule has 1 aromatic carbocycles. The topological polar surface area (TPSA) is 115 Å². The molecule has 0 spiro atoms. The average Bonchev–Trinajstić information content (AvgIpc) is 3.24. The Balaban J connectivity index is 1.68. The number of amides is 1. The molecule has 0 bridgehead atoms. The lowest BCUT2D eigenvalue weighted by Gasteiger charge is -2.11. The van der Waals surface area contributed by atoms with Crippen LogP contribution in [0.3, 0.4) is 0 Å². The smallest absolute Gasteiger partial charge is 0.234 e. The first kappa shape index (κ1) is 23.1. The number of benzene rings is 1. The maximum atomic E-state index is 11.8. The van der Waals surface area contributed by atoms with Crippen molar-refractivity contribution in [2.24, 2.45) is 5.92 Å². The van der Waals surface area contributed by atoms with E-state index in [1.807, 2.05) is 12.1 Å². The van der Waals surface area contributed by atoms with Crippen molar-refractivity contribution in [1.82, 2.24) is 20.6 Å². The van der Waals surface area contributed by atoms with E-state index >= 15 is 0 Å². The molecule has 3 rings (SSSR count).